The molecule has 3 aromatic rings. The Balaban J connectivity index is 1.79. The topological polar surface area (TPSA) is 102 Å². The van der Waals surface area contributed by atoms with Gasteiger partial charge in [0.25, 0.3) is 11.8 Å². The maximum Gasteiger partial charge on any atom is 0.416 e. The van der Waals surface area contributed by atoms with Crippen LogP contribution in [0.1, 0.15) is 28.7 Å². The smallest absolute Gasteiger partial charge is 0.416 e. The molecule has 0 spiro atoms. The van der Waals surface area contributed by atoms with E-state index < -0.39 is 28.8 Å². The number of carbonyl (C=O) groups is 2. The second kappa shape index (κ2) is 10.2. The number of halogens is 3. The molecule has 0 aliphatic heterocycles. The second-order valence-electron chi connectivity index (χ2n) is 7.18. The zero-order chi connectivity index (χ0) is 24.9. The van der Waals surface area contributed by atoms with Crippen LogP contribution in [0.5, 0.6) is 5.75 Å². The lowest BCUT2D eigenvalue weighted by molar-refractivity contribution is -0.137. The van der Waals surface area contributed by atoms with Crippen LogP contribution in [0.15, 0.2) is 59.4 Å². The van der Waals surface area contributed by atoms with Gasteiger partial charge in [0.15, 0.2) is 12.3 Å². The number of aryl methyl sites for hydroxylation is 1. The number of nitrogens with one attached hydrogen (secondary N) is 2. The Morgan fingerprint density at radius 3 is 2.44 bits per heavy atom. The van der Waals surface area contributed by atoms with Gasteiger partial charge in [0.2, 0.25) is 5.43 Å². The molecule has 0 aliphatic carbocycles. The number of anilines is 1. The quantitative estimate of drug-likeness (QED) is 0.547. The van der Waals surface area contributed by atoms with Gasteiger partial charge in [0.05, 0.1) is 11.3 Å². The number of ether oxygens (including phenoxy) is 1. The number of amides is 2. The largest absolute Gasteiger partial charge is 0.484 e. The summed E-state index contributed by atoms with van der Waals surface area (Å²) in [5.41, 5.74) is -1.42. The average Bonchev–Trinajstić information content (AvgIpc) is 2.78. The first-order valence-corrected chi connectivity index (χ1v) is 10.2. The minimum absolute atomic E-state index is 0.0509. The van der Waals surface area contributed by atoms with Gasteiger partial charge in [-0.05, 0) is 56.3 Å². The molecule has 11 heteroatoms. The third-order valence-electron chi connectivity index (χ3n) is 4.60. The van der Waals surface area contributed by atoms with Crippen molar-refractivity contribution in [2.24, 2.45) is 0 Å². The summed E-state index contributed by atoms with van der Waals surface area (Å²) in [7, 11) is 0. The van der Waals surface area contributed by atoms with Crippen LogP contribution < -0.4 is 20.8 Å². The number of nitrogens with zero attached hydrogens (tertiary/aromatic N) is 2. The van der Waals surface area contributed by atoms with Crippen LogP contribution >= 0.6 is 0 Å². The summed E-state index contributed by atoms with van der Waals surface area (Å²) in [5, 5.41) is 9.11. The molecule has 2 amide bonds. The minimum atomic E-state index is -4.56. The lowest BCUT2D eigenvalue weighted by Gasteiger charge is -2.13. The van der Waals surface area contributed by atoms with Crippen molar-refractivity contribution in [3.8, 4) is 11.4 Å². The molecule has 0 saturated carbocycles. The van der Waals surface area contributed by atoms with E-state index in [2.05, 4.69) is 15.7 Å². The summed E-state index contributed by atoms with van der Waals surface area (Å²) >= 11 is 0. The molecular weight excluding hydrogens is 453 g/mol. The zero-order valence-electron chi connectivity index (χ0n) is 18.3. The maximum absolute atomic E-state index is 13.1. The Hall–Kier alpha value is -4.15. The van der Waals surface area contributed by atoms with E-state index in [4.69, 9.17) is 4.74 Å². The normalized spacial score (nSPS) is 11.1. The van der Waals surface area contributed by atoms with Crippen molar-refractivity contribution in [3.63, 3.8) is 0 Å². The van der Waals surface area contributed by atoms with Gasteiger partial charge in [-0.2, -0.15) is 18.3 Å². The number of alkyl halides is 3. The molecule has 0 atom stereocenters. The van der Waals surface area contributed by atoms with Crippen molar-refractivity contribution in [1.82, 2.24) is 15.1 Å². The van der Waals surface area contributed by atoms with Crippen LogP contribution in [-0.4, -0.2) is 34.7 Å². The third kappa shape index (κ3) is 6.00. The van der Waals surface area contributed by atoms with E-state index in [-0.39, 0.29) is 23.9 Å². The molecule has 3 rings (SSSR count). The van der Waals surface area contributed by atoms with Crippen LogP contribution in [0, 0.1) is 6.92 Å². The molecule has 1 aromatic heterocycles. The first-order chi connectivity index (χ1) is 16.1. The number of benzene rings is 2. The van der Waals surface area contributed by atoms with E-state index in [0.29, 0.717) is 18.0 Å². The average molecular weight is 474 g/mol. The summed E-state index contributed by atoms with van der Waals surface area (Å²) in [5.74, 6) is -0.714. The fraction of sp³-hybridized carbons (Fsp3) is 0.217. The molecule has 0 saturated heterocycles. The fourth-order valence-electron chi connectivity index (χ4n) is 3.00. The monoisotopic (exact) mass is 474 g/mol. The molecule has 2 aromatic carbocycles. The summed E-state index contributed by atoms with van der Waals surface area (Å²) in [6.07, 6.45) is -4.56. The van der Waals surface area contributed by atoms with E-state index in [9.17, 15) is 27.6 Å². The van der Waals surface area contributed by atoms with E-state index in [1.54, 1.807) is 6.92 Å². The van der Waals surface area contributed by atoms with Gasteiger partial charge in [0.1, 0.15) is 5.75 Å². The first kappa shape index (κ1) is 24.5. The van der Waals surface area contributed by atoms with Gasteiger partial charge >= 0.3 is 6.18 Å². The van der Waals surface area contributed by atoms with Crippen molar-refractivity contribution in [2.75, 3.05) is 18.5 Å². The van der Waals surface area contributed by atoms with Crippen LogP contribution in [0.4, 0.5) is 18.9 Å². The van der Waals surface area contributed by atoms with Crippen molar-refractivity contribution < 1.29 is 27.5 Å². The highest BCUT2D eigenvalue weighted by Crippen LogP contribution is 2.30. The summed E-state index contributed by atoms with van der Waals surface area (Å²) in [6, 6.07) is 11.6. The lowest BCUT2D eigenvalue weighted by Crippen LogP contribution is -2.28. The van der Waals surface area contributed by atoms with Gasteiger partial charge in [-0.3, -0.25) is 14.4 Å². The molecule has 0 radical (unpaired) electrons. The summed E-state index contributed by atoms with van der Waals surface area (Å²) in [4.78, 5) is 36.5. The molecule has 0 unspecified atom stereocenters. The molecule has 1 heterocycles. The van der Waals surface area contributed by atoms with E-state index in [1.807, 2.05) is 0 Å². The Morgan fingerprint density at radius 1 is 1.09 bits per heavy atom. The van der Waals surface area contributed by atoms with Gasteiger partial charge in [-0.1, -0.05) is 6.07 Å². The number of likely N-dealkylation sites (N-methyl/N-ethyl adjacent to an activating group) is 1. The predicted molar refractivity (Wildman–Crippen MR) is 118 cm³/mol. The molecule has 178 valence electrons. The fourth-order valence-corrected chi connectivity index (χ4v) is 3.00. The highest BCUT2D eigenvalue weighted by Gasteiger charge is 2.30. The second-order valence-corrected chi connectivity index (χ2v) is 7.18. The van der Waals surface area contributed by atoms with Crippen molar-refractivity contribution in [1.29, 1.82) is 0 Å². The zero-order valence-corrected chi connectivity index (χ0v) is 18.3. The lowest BCUT2D eigenvalue weighted by atomic mass is 10.2. The summed E-state index contributed by atoms with van der Waals surface area (Å²) in [6.45, 7) is 3.60. The van der Waals surface area contributed by atoms with Gasteiger partial charge in [0, 0.05) is 24.0 Å². The number of hydrogen-bond acceptors (Lipinski definition) is 5. The number of hydrogen-bond donors (Lipinski definition) is 2. The molecule has 0 aliphatic rings. The predicted octanol–water partition coefficient (Wildman–Crippen LogP) is 3.33. The van der Waals surface area contributed by atoms with Gasteiger partial charge in [-0.15, -0.1) is 0 Å². The maximum atomic E-state index is 13.1. The molecule has 34 heavy (non-hydrogen) atoms. The standard InChI is InChI=1S/C23H21F3N4O4/c1-3-27-20(32)13-34-18-9-7-16(8-10-18)28-22(33)21-19(31)11-14(2)30(29-21)17-6-4-5-15(12-17)23(24,25)26/h4-12H,3,13H2,1-2H3,(H,27,32)(H,28,33). The highest BCUT2D eigenvalue weighted by atomic mass is 19.4. The minimum Gasteiger partial charge on any atom is -0.484 e. The van der Waals surface area contributed by atoms with E-state index in [0.717, 1.165) is 22.9 Å². The van der Waals surface area contributed by atoms with E-state index >= 15 is 0 Å². The first-order valence-electron chi connectivity index (χ1n) is 10.2. The third-order valence-corrected chi connectivity index (χ3v) is 4.60. The highest BCUT2D eigenvalue weighted by molar-refractivity contribution is 6.02. The van der Waals surface area contributed by atoms with Gasteiger partial charge in [-0.25, -0.2) is 4.68 Å². The van der Waals surface area contributed by atoms with Crippen molar-refractivity contribution in [3.05, 3.63) is 81.8 Å². The van der Waals surface area contributed by atoms with Crippen LogP contribution in [0.2, 0.25) is 0 Å². The van der Waals surface area contributed by atoms with Crippen molar-refractivity contribution >= 4 is 17.5 Å². The Bertz CT molecular complexity index is 1250. The molecule has 0 fully saturated rings. The molecular formula is C23H21F3N4O4. The Labute approximate surface area is 192 Å². The number of carbonyl (C=O) groups excluding carboxylic acids is 2. The molecule has 0 bridgehead atoms. The van der Waals surface area contributed by atoms with E-state index in [1.165, 1.54) is 43.3 Å². The van der Waals surface area contributed by atoms with Crippen molar-refractivity contribution in [2.45, 2.75) is 20.0 Å². The number of rotatable bonds is 7. The molecule has 8 nitrogen and oxygen atoms in total. The van der Waals surface area contributed by atoms with Gasteiger partial charge < -0.3 is 15.4 Å². The number of aromatic nitrogens is 2. The summed E-state index contributed by atoms with van der Waals surface area (Å²) < 4.78 is 45.7. The van der Waals surface area contributed by atoms with Crippen LogP contribution in [0.3, 0.4) is 0 Å². The Morgan fingerprint density at radius 2 is 1.79 bits per heavy atom. The molecule has 2 N–H and O–H groups in total. The SMILES string of the molecule is CCNC(=O)COc1ccc(NC(=O)c2nn(-c3cccc(C(F)(F)F)c3)c(C)cc2=O)cc1. The van der Waals surface area contributed by atoms with Crippen LogP contribution in [-0.2, 0) is 11.0 Å². The van der Waals surface area contributed by atoms with Crippen LogP contribution in [0.25, 0.3) is 5.69 Å². The Kier molecular flexibility index (Phi) is 7.34.